The molecule has 20 heavy (non-hydrogen) atoms. The summed E-state index contributed by atoms with van der Waals surface area (Å²) in [6, 6.07) is 6.90. The number of H-pyrrole nitrogens is 1. The van der Waals surface area contributed by atoms with E-state index >= 15 is 0 Å². The van der Waals surface area contributed by atoms with Crippen molar-refractivity contribution in [2.45, 2.75) is 10.9 Å². The van der Waals surface area contributed by atoms with Crippen molar-refractivity contribution in [3.05, 3.63) is 40.2 Å². The Morgan fingerprint density at radius 1 is 1.25 bits per heavy atom. The van der Waals surface area contributed by atoms with Gasteiger partial charge in [-0.25, -0.2) is 4.98 Å². The third kappa shape index (κ3) is 3.45. The summed E-state index contributed by atoms with van der Waals surface area (Å²) in [5.41, 5.74) is 6.30. The van der Waals surface area contributed by atoms with Crippen molar-refractivity contribution in [2.24, 2.45) is 0 Å². The lowest BCUT2D eigenvalue weighted by atomic mass is 10.2. The van der Waals surface area contributed by atoms with Crippen LogP contribution in [0.3, 0.4) is 0 Å². The largest absolute Gasteiger partial charge is 0.493 e. The van der Waals surface area contributed by atoms with Gasteiger partial charge in [-0.2, -0.15) is 0 Å². The summed E-state index contributed by atoms with van der Waals surface area (Å²) < 4.78 is 10.4. The van der Waals surface area contributed by atoms with E-state index in [1.807, 2.05) is 18.2 Å². The summed E-state index contributed by atoms with van der Waals surface area (Å²) in [7, 11) is 3.18. The third-order valence-corrected chi connectivity index (χ3v) is 3.51. The van der Waals surface area contributed by atoms with E-state index < -0.39 is 0 Å². The molecular weight excluding hydrogens is 278 g/mol. The predicted molar refractivity (Wildman–Crippen MR) is 78.4 cm³/mol. The minimum absolute atomic E-state index is 0.212. The van der Waals surface area contributed by atoms with Crippen LogP contribution in [0.4, 0.5) is 5.82 Å². The van der Waals surface area contributed by atoms with Crippen molar-refractivity contribution in [3.8, 4) is 11.5 Å². The smallest absolute Gasteiger partial charge is 0.253 e. The minimum Gasteiger partial charge on any atom is -0.493 e. The molecule has 0 unspecified atom stereocenters. The number of nitrogens with zero attached hydrogens (tertiary/aromatic N) is 1. The number of methoxy groups -OCH3 is 2. The van der Waals surface area contributed by atoms with Crippen LogP contribution in [0, 0.1) is 0 Å². The number of nitrogens with two attached hydrogens (primary N) is 1. The maximum Gasteiger partial charge on any atom is 0.253 e. The van der Waals surface area contributed by atoms with Crippen LogP contribution in [-0.4, -0.2) is 24.2 Å². The van der Waals surface area contributed by atoms with Gasteiger partial charge in [0.25, 0.3) is 5.56 Å². The Hall–Kier alpha value is -2.15. The fourth-order valence-electron chi connectivity index (χ4n) is 1.64. The van der Waals surface area contributed by atoms with Gasteiger partial charge >= 0.3 is 0 Å². The summed E-state index contributed by atoms with van der Waals surface area (Å²) in [4.78, 5) is 18.0. The molecule has 7 heteroatoms. The molecule has 0 saturated heterocycles. The molecule has 0 atom stereocenters. The summed E-state index contributed by atoms with van der Waals surface area (Å²) in [6.07, 6.45) is 0. The highest BCUT2D eigenvalue weighted by Crippen LogP contribution is 2.29. The maximum absolute atomic E-state index is 11.3. The first-order valence-electron chi connectivity index (χ1n) is 5.83. The van der Waals surface area contributed by atoms with Gasteiger partial charge in [-0.05, 0) is 17.7 Å². The number of aromatic amines is 1. The second-order valence-corrected chi connectivity index (χ2v) is 4.92. The van der Waals surface area contributed by atoms with Gasteiger partial charge in [-0.3, -0.25) is 4.79 Å². The zero-order valence-corrected chi connectivity index (χ0v) is 12.0. The van der Waals surface area contributed by atoms with Gasteiger partial charge < -0.3 is 20.2 Å². The highest BCUT2D eigenvalue weighted by molar-refractivity contribution is 7.98. The van der Waals surface area contributed by atoms with E-state index in [1.54, 1.807) is 14.2 Å². The molecule has 0 aliphatic carbocycles. The first-order valence-corrected chi connectivity index (χ1v) is 6.81. The first-order chi connectivity index (χ1) is 9.62. The van der Waals surface area contributed by atoms with Crippen LogP contribution in [0.15, 0.2) is 34.2 Å². The van der Waals surface area contributed by atoms with Gasteiger partial charge in [0, 0.05) is 11.8 Å². The number of thioether (sulfide) groups is 1. The molecule has 0 saturated carbocycles. The van der Waals surface area contributed by atoms with E-state index in [0.29, 0.717) is 22.4 Å². The van der Waals surface area contributed by atoms with Crippen molar-refractivity contribution in [1.82, 2.24) is 9.97 Å². The molecule has 1 aromatic carbocycles. The molecule has 0 bridgehead atoms. The first kappa shape index (κ1) is 14.3. The summed E-state index contributed by atoms with van der Waals surface area (Å²) in [5, 5.41) is 0.491. The van der Waals surface area contributed by atoms with E-state index in [2.05, 4.69) is 9.97 Å². The molecule has 0 amide bonds. The van der Waals surface area contributed by atoms with Crippen LogP contribution in [0.2, 0.25) is 0 Å². The van der Waals surface area contributed by atoms with Crippen molar-refractivity contribution in [1.29, 1.82) is 0 Å². The van der Waals surface area contributed by atoms with Crippen molar-refractivity contribution < 1.29 is 9.47 Å². The third-order valence-electron chi connectivity index (χ3n) is 2.56. The second kappa shape index (κ2) is 6.33. The standard InChI is InChI=1S/C13H15N3O3S/c1-18-9-4-3-8(5-10(9)19-2)7-20-13-15-11(14)6-12(17)16-13/h3-6H,7H2,1-2H3,(H3,14,15,16,17). The number of nitrogens with one attached hydrogen (secondary N) is 1. The Balaban J connectivity index is 2.12. The van der Waals surface area contributed by atoms with Gasteiger partial charge in [0.05, 0.1) is 14.2 Å². The lowest BCUT2D eigenvalue weighted by Crippen LogP contribution is -2.09. The number of nitrogen functional groups attached to an aromatic ring is 1. The molecule has 0 radical (unpaired) electrons. The van der Waals surface area contributed by atoms with Gasteiger partial charge in [0.15, 0.2) is 16.7 Å². The zero-order valence-electron chi connectivity index (χ0n) is 11.2. The monoisotopic (exact) mass is 293 g/mol. The molecule has 1 aromatic heterocycles. The normalized spacial score (nSPS) is 10.3. The number of ether oxygens (including phenoxy) is 2. The Morgan fingerprint density at radius 2 is 2.00 bits per heavy atom. The molecule has 0 aliphatic rings. The molecule has 3 N–H and O–H groups in total. The SMILES string of the molecule is COc1ccc(CSc2nc(N)cc(=O)[nH]2)cc1OC. The van der Waals surface area contributed by atoms with Crippen molar-refractivity contribution in [2.75, 3.05) is 20.0 Å². The summed E-state index contributed by atoms with van der Waals surface area (Å²) >= 11 is 1.39. The van der Waals surface area contributed by atoms with Gasteiger partial charge in [0.2, 0.25) is 0 Å². The predicted octanol–water partition coefficient (Wildman–Crippen LogP) is 1.66. The van der Waals surface area contributed by atoms with E-state index in [9.17, 15) is 4.79 Å². The molecule has 1 heterocycles. The van der Waals surface area contributed by atoms with Gasteiger partial charge in [-0.1, -0.05) is 17.8 Å². The quantitative estimate of drug-likeness (QED) is 0.643. The average Bonchev–Trinajstić information content (AvgIpc) is 2.43. The van der Waals surface area contributed by atoms with Crippen LogP contribution in [0.1, 0.15) is 5.56 Å². The van der Waals surface area contributed by atoms with Crippen LogP contribution in [-0.2, 0) is 5.75 Å². The van der Waals surface area contributed by atoms with Crippen LogP contribution in [0.25, 0.3) is 0 Å². The molecule has 2 aromatic rings. The molecule has 0 spiro atoms. The van der Waals surface area contributed by atoms with E-state index in [0.717, 1.165) is 5.56 Å². The highest BCUT2D eigenvalue weighted by Gasteiger charge is 2.06. The zero-order chi connectivity index (χ0) is 14.5. The fraction of sp³-hybridized carbons (Fsp3) is 0.231. The van der Waals surface area contributed by atoms with Crippen LogP contribution >= 0.6 is 11.8 Å². The van der Waals surface area contributed by atoms with E-state index in [4.69, 9.17) is 15.2 Å². The Bertz CT molecular complexity index is 658. The topological polar surface area (TPSA) is 90.2 Å². The number of rotatable bonds is 5. The number of hydrogen-bond donors (Lipinski definition) is 2. The summed E-state index contributed by atoms with van der Waals surface area (Å²) in [5.74, 6) is 2.19. The second-order valence-electron chi connectivity index (χ2n) is 3.95. The molecule has 6 nitrogen and oxygen atoms in total. The van der Waals surface area contributed by atoms with Gasteiger partial charge in [-0.15, -0.1) is 0 Å². The lowest BCUT2D eigenvalue weighted by molar-refractivity contribution is 0.354. The molecule has 0 aliphatic heterocycles. The molecule has 106 valence electrons. The van der Waals surface area contributed by atoms with E-state index in [-0.39, 0.29) is 11.4 Å². The minimum atomic E-state index is -0.257. The van der Waals surface area contributed by atoms with Gasteiger partial charge in [0.1, 0.15) is 5.82 Å². The van der Waals surface area contributed by atoms with Crippen LogP contribution in [0.5, 0.6) is 11.5 Å². The van der Waals surface area contributed by atoms with Crippen LogP contribution < -0.4 is 20.8 Å². The Labute approximate surface area is 120 Å². The number of aromatic nitrogens is 2. The van der Waals surface area contributed by atoms with E-state index in [1.165, 1.54) is 17.8 Å². The Kier molecular flexibility index (Phi) is 4.52. The number of benzene rings is 1. The number of hydrogen-bond acceptors (Lipinski definition) is 6. The Morgan fingerprint density at radius 3 is 2.65 bits per heavy atom. The number of anilines is 1. The molecule has 2 rings (SSSR count). The summed E-state index contributed by atoms with van der Waals surface area (Å²) in [6.45, 7) is 0. The lowest BCUT2D eigenvalue weighted by Gasteiger charge is -2.09. The van der Waals surface area contributed by atoms with Crippen molar-refractivity contribution >= 4 is 17.6 Å². The van der Waals surface area contributed by atoms with Crippen molar-refractivity contribution in [3.63, 3.8) is 0 Å². The molecular formula is C13H15N3O3S. The average molecular weight is 293 g/mol. The molecule has 0 fully saturated rings. The fourth-order valence-corrected chi connectivity index (χ4v) is 2.47. The maximum atomic E-state index is 11.3. The highest BCUT2D eigenvalue weighted by atomic mass is 32.2.